The smallest absolute Gasteiger partial charge is 0.410 e. The van der Waals surface area contributed by atoms with E-state index < -0.39 is 11.7 Å². The Bertz CT molecular complexity index is 315. The number of likely N-dealkylation sites (N-methyl/N-ethyl adjacent to an activating group) is 1. The molecule has 0 aliphatic heterocycles. The molecule has 1 aliphatic carbocycles. The predicted octanol–water partition coefficient (Wildman–Crippen LogP) is 3.00. The Balaban J connectivity index is 2.56. The van der Waals surface area contributed by atoms with Crippen molar-refractivity contribution in [1.82, 2.24) is 4.90 Å². The van der Waals surface area contributed by atoms with E-state index in [2.05, 4.69) is 0 Å². The number of ketones is 1. The standard InChI is InChI=1S/C14H25NO3/c1-6-11(12(16)9-10-7-8-10)15(5)13(17)18-14(2,3)4/h10-11H,6-9H2,1-5H3. The van der Waals surface area contributed by atoms with Crippen molar-refractivity contribution in [2.75, 3.05) is 7.05 Å². The quantitative estimate of drug-likeness (QED) is 0.758. The van der Waals surface area contributed by atoms with Gasteiger partial charge in [0.2, 0.25) is 0 Å². The van der Waals surface area contributed by atoms with Crippen molar-refractivity contribution in [3.8, 4) is 0 Å². The van der Waals surface area contributed by atoms with Gasteiger partial charge >= 0.3 is 6.09 Å². The minimum Gasteiger partial charge on any atom is -0.444 e. The molecule has 18 heavy (non-hydrogen) atoms. The lowest BCUT2D eigenvalue weighted by Crippen LogP contribution is -2.44. The molecule has 0 aromatic heterocycles. The average Bonchev–Trinajstić information content (AvgIpc) is 2.99. The largest absolute Gasteiger partial charge is 0.444 e. The highest BCUT2D eigenvalue weighted by atomic mass is 16.6. The first-order chi connectivity index (χ1) is 8.24. The highest BCUT2D eigenvalue weighted by Gasteiger charge is 2.32. The molecule has 1 aliphatic rings. The van der Waals surface area contributed by atoms with Crippen molar-refractivity contribution in [2.24, 2.45) is 5.92 Å². The molecule has 4 nitrogen and oxygen atoms in total. The molecule has 104 valence electrons. The van der Waals surface area contributed by atoms with Gasteiger partial charge in [-0.15, -0.1) is 0 Å². The van der Waals surface area contributed by atoms with E-state index in [1.165, 1.54) is 4.90 Å². The van der Waals surface area contributed by atoms with Crippen molar-refractivity contribution in [1.29, 1.82) is 0 Å². The number of amides is 1. The zero-order chi connectivity index (χ0) is 13.9. The highest BCUT2D eigenvalue weighted by molar-refractivity contribution is 5.87. The lowest BCUT2D eigenvalue weighted by atomic mass is 10.0. The lowest BCUT2D eigenvalue weighted by molar-refractivity contribution is -0.124. The molecule has 0 heterocycles. The van der Waals surface area contributed by atoms with Gasteiger partial charge in [-0.25, -0.2) is 4.79 Å². The van der Waals surface area contributed by atoms with Crippen molar-refractivity contribution >= 4 is 11.9 Å². The molecule has 0 radical (unpaired) electrons. The van der Waals surface area contributed by atoms with Crippen LogP contribution in [0.2, 0.25) is 0 Å². The summed E-state index contributed by atoms with van der Waals surface area (Å²) in [5.41, 5.74) is -0.525. The second-order valence-corrected chi connectivity index (χ2v) is 6.13. The van der Waals surface area contributed by atoms with E-state index in [9.17, 15) is 9.59 Å². The van der Waals surface area contributed by atoms with Gasteiger partial charge < -0.3 is 9.64 Å². The Morgan fingerprint density at radius 3 is 2.28 bits per heavy atom. The summed E-state index contributed by atoms with van der Waals surface area (Å²) in [5.74, 6) is 0.715. The van der Waals surface area contributed by atoms with Crippen LogP contribution in [0.1, 0.15) is 53.4 Å². The van der Waals surface area contributed by atoms with Crippen LogP contribution in [-0.4, -0.2) is 35.5 Å². The number of rotatable bonds is 5. The number of hydrogen-bond donors (Lipinski definition) is 0. The Hall–Kier alpha value is -1.06. The average molecular weight is 255 g/mol. The fraction of sp³-hybridized carbons (Fsp3) is 0.857. The minimum atomic E-state index is -0.525. The van der Waals surface area contributed by atoms with Crippen LogP contribution in [0.15, 0.2) is 0 Å². The zero-order valence-corrected chi connectivity index (χ0v) is 12.2. The normalized spacial score (nSPS) is 17.2. The molecule has 0 aromatic rings. The van der Waals surface area contributed by atoms with Crippen LogP contribution < -0.4 is 0 Å². The second kappa shape index (κ2) is 5.72. The maximum atomic E-state index is 12.1. The zero-order valence-electron chi connectivity index (χ0n) is 12.2. The predicted molar refractivity (Wildman–Crippen MR) is 70.4 cm³/mol. The van der Waals surface area contributed by atoms with Gasteiger partial charge in [-0.2, -0.15) is 0 Å². The lowest BCUT2D eigenvalue weighted by Gasteiger charge is -2.29. The second-order valence-electron chi connectivity index (χ2n) is 6.13. The first-order valence-electron chi connectivity index (χ1n) is 6.73. The molecule has 0 saturated heterocycles. The Morgan fingerprint density at radius 1 is 1.33 bits per heavy atom. The number of carbonyl (C=O) groups is 2. The van der Waals surface area contributed by atoms with Crippen LogP contribution in [0.25, 0.3) is 0 Å². The van der Waals surface area contributed by atoms with Gasteiger partial charge in [-0.05, 0) is 46.0 Å². The van der Waals surface area contributed by atoms with E-state index in [0.717, 1.165) is 12.8 Å². The van der Waals surface area contributed by atoms with E-state index >= 15 is 0 Å². The number of hydrogen-bond acceptors (Lipinski definition) is 3. The van der Waals surface area contributed by atoms with Gasteiger partial charge in [0.15, 0.2) is 5.78 Å². The van der Waals surface area contributed by atoms with Crippen LogP contribution >= 0.6 is 0 Å². The van der Waals surface area contributed by atoms with Gasteiger partial charge in [0.25, 0.3) is 0 Å². The Morgan fingerprint density at radius 2 is 1.89 bits per heavy atom. The summed E-state index contributed by atoms with van der Waals surface area (Å²) in [6.07, 6.45) is 3.13. The molecule has 0 bridgehead atoms. The molecule has 1 rings (SSSR count). The molecule has 1 unspecified atom stereocenters. The molecule has 1 fully saturated rings. The third kappa shape index (κ3) is 4.67. The summed E-state index contributed by atoms with van der Waals surface area (Å²) in [6, 6.07) is -0.347. The van der Waals surface area contributed by atoms with Crippen molar-refractivity contribution in [3.63, 3.8) is 0 Å². The highest BCUT2D eigenvalue weighted by Crippen LogP contribution is 2.33. The topological polar surface area (TPSA) is 46.6 Å². The third-order valence-corrected chi connectivity index (χ3v) is 3.09. The summed E-state index contributed by atoms with van der Waals surface area (Å²) in [7, 11) is 1.65. The summed E-state index contributed by atoms with van der Waals surface area (Å²) in [5, 5.41) is 0. The summed E-state index contributed by atoms with van der Waals surface area (Å²) >= 11 is 0. The Kier molecular flexibility index (Phi) is 4.77. The van der Waals surface area contributed by atoms with E-state index in [1.54, 1.807) is 7.05 Å². The molecular weight excluding hydrogens is 230 g/mol. The molecule has 1 atom stereocenters. The van der Waals surface area contributed by atoms with Crippen LogP contribution in [0.4, 0.5) is 4.79 Å². The molecular formula is C14H25NO3. The van der Waals surface area contributed by atoms with Crippen molar-refractivity contribution < 1.29 is 14.3 Å². The third-order valence-electron chi connectivity index (χ3n) is 3.09. The van der Waals surface area contributed by atoms with Gasteiger partial charge in [0.1, 0.15) is 5.60 Å². The van der Waals surface area contributed by atoms with E-state index in [0.29, 0.717) is 18.8 Å². The van der Waals surface area contributed by atoms with Gasteiger partial charge in [0.05, 0.1) is 6.04 Å². The molecule has 0 spiro atoms. The summed E-state index contributed by atoms with van der Waals surface area (Å²) in [4.78, 5) is 25.4. The Labute approximate surface area is 110 Å². The van der Waals surface area contributed by atoms with Gasteiger partial charge in [0, 0.05) is 13.5 Å². The monoisotopic (exact) mass is 255 g/mol. The number of carbonyl (C=O) groups excluding carboxylic acids is 2. The first-order valence-corrected chi connectivity index (χ1v) is 6.73. The molecule has 1 amide bonds. The van der Waals surface area contributed by atoms with Gasteiger partial charge in [-0.1, -0.05) is 6.92 Å². The van der Waals surface area contributed by atoms with Gasteiger partial charge in [-0.3, -0.25) is 4.79 Å². The number of Topliss-reactive ketones (excluding diaryl/α,β-unsaturated/α-hetero) is 1. The number of nitrogens with zero attached hydrogens (tertiary/aromatic N) is 1. The van der Waals surface area contributed by atoms with Crippen LogP contribution in [-0.2, 0) is 9.53 Å². The van der Waals surface area contributed by atoms with Crippen LogP contribution in [0.3, 0.4) is 0 Å². The first kappa shape index (κ1) is 15.0. The maximum Gasteiger partial charge on any atom is 0.410 e. The maximum absolute atomic E-state index is 12.1. The molecule has 0 N–H and O–H groups in total. The van der Waals surface area contributed by atoms with Crippen LogP contribution in [0.5, 0.6) is 0 Å². The minimum absolute atomic E-state index is 0.161. The molecule has 1 saturated carbocycles. The van der Waals surface area contributed by atoms with Crippen LogP contribution in [0, 0.1) is 5.92 Å². The van der Waals surface area contributed by atoms with Crippen molar-refractivity contribution in [2.45, 2.75) is 65.0 Å². The summed E-state index contributed by atoms with van der Waals surface area (Å²) < 4.78 is 5.29. The van der Waals surface area contributed by atoms with Crippen molar-refractivity contribution in [3.05, 3.63) is 0 Å². The summed E-state index contributed by atoms with van der Waals surface area (Å²) in [6.45, 7) is 7.40. The molecule has 0 aromatic carbocycles. The SMILES string of the molecule is CCC(C(=O)CC1CC1)N(C)C(=O)OC(C)(C)C. The van der Waals surface area contributed by atoms with E-state index in [-0.39, 0.29) is 11.8 Å². The number of ether oxygens (including phenoxy) is 1. The van der Waals surface area contributed by atoms with E-state index in [4.69, 9.17) is 4.74 Å². The fourth-order valence-electron chi connectivity index (χ4n) is 1.92. The van der Waals surface area contributed by atoms with E-state index in [1.807, 2.05) is 27.7 Å². The fourth-order valence-corrected chi connectivity index (χ4v) is 1.92. The molecule has 4 heteroatoms.